The zero-order valence-corrected chi connectivity index (χ0v) is 12.2. The molecule has 0 spiro atoms. The van der Waals surface area contributed by atoms with Gasteiger partial charge in [0, 0.05) is 6.04 Å². The summed E-state index contributed by atoms with van der Waals surface area (Å²) in [6, 6.07) is 9.73. The summed E-state index contributed by atoms with van der Waals surface area (Å²) >= 11 is 0. The van der Waals surface area contributed by atoms with Crippen molar-refractivity contribution >= 4 is 0 Å². The van der Waals surface area contributed by atoms with Gasteiger partial charge in [-0.25, -0.2) is 0 Å². The molecule has 0 bridgehead atoms. The van der Waals surface area contributed by atoms with Gasteiger partial charge in [-0.15, -0.1) is 0 Å². The summed E-state index contributed by atoms with van der Waals surface area (Å²) in [6.45, 7) is 3.43. The Balaban J connectivity index is 1.80. The van der Waals surface area contributed by atoms with Crippen molar-refractivity contribution in [2.45, 2.75) is 45.1 Å². The predicted octanol–water partition coefficient (Wildman–Crippen LogP) is 3.97. The molecule has 2 atom stereocenters. The van der Waals surface area contributed by atoms with Crippen molar-refractivity contribution in [3.8, 4) is 0 Å². The highest BCUT2D eigenvalue weighted by molar-refractivity contribution is 5.27. The number of benzene rings is 1. The summed E-state index contributed by atoms with van der Waals surface area (Å²) in [5, 5.41) is 0. The lowest BCUT2D eigenvalue weighted by molar-refractivity contribution is 0.190. The second-order valence-corrected chi connectivity index (χ2v) is 6.31. The molecule has 0 aromatic heterocycles. The number of likely N-dealkylation sites (tertiary alicyclic amines) is 1. The minimum absolute atomic E-state index is 0.641. The molecule has 1 aliphatic heterocycles. The molecule has 2 aliphatic rings. The van der Waals surface area contributed by atoms with Crippen LogP contribution in [0.25, 0.3) is 0 Å². The molecule has 1 aromatic carbocycles. The molecule has 102 valence electrons. The van der Waals surface area contributed by atoms with Crippen molar-refractivity contribution in [1.29, 1.82) is 0 Å². The number of nitrogens with zero attached hydrogens (tertiary/aromatic N) is 1. The van der Waals surface area contributed by atoms with E-state index in [1.54, 1.807) is 5.57 Å². The zero-order chi connectivity index (χ0) is 13.2. The van der Waals surface area contributed by atoms with Crippen molar-refractivity contribution in [1.82, 2.24) is 4.90 Å². The summed E-state index contributed by atoms with van der Waals surface area (Å²) in [7, 11) is 2.30. The number of fused-ring (bicyclic) bond motifs is 1. The zero-order valence-electron chi connectivity index (χ0n) is 12.2. The average Bonchev–Trinajstić information content (AvgIpc) is 2.44. The molecule has 0 saturated carbocycles. The first-order valence-electron chi connectivity index (χ1n) is 7.70. The van der Waals surface area contributed by atoms with E-state index in [0.717, 1.165) is 5.92 Å². The number of aryl methyl sites for hydroxylation is 1. The van der Waals surface area contributed by atoms with E-state index < -0.39 is 0 Å². The number of allylic oxidation sites excluding steroid dienone is 1. The monoisotopic (exact) mass is 255 g/mol. The van der Waals surface area contributed by atoms with Crippen LogP contribution in [0.4, 0.5) is 0 Å². The fourth-order valence-corrected chi connectivity index (χ4v) is 3.68. The Labute approximate surface area is 117 Å². The highest BCUT2D eigenvalue weighted by Gasteiger charge is 2.31. The van der Waals surface area contributed by atoms with Crippen molar-refractivity contribution in [3.63, 3.8) is 0 Å². The maximum absolute atomic E-state index is 2.56. The Kier molecular flexibility index (Phi) is 3.74. The van der Waals surface area contributed by atoms with Crippen LogP contribution < -0.4 is 0 Å². The first-order chi connectivity index (χ1) is 9.24. The van der Waals surface area contributed by atoms with Crippen LogP contribution in [0.2, 0.25) is 0 Å². The Bertz CT molecular complexity index is 457. The van der Waals surface area contributed by atoms with Gasteiger partial charge in [0.25, 0.3) is 0 Å². The number of hydrogen-bond acceptors (Lipinski definition) is 1. The molecule has 1 nitrogen and oxygen atoms in total. The van der Waals surface area contributed by atoms with E-state index in [0.29, 0.717) is 6.04 Å². The van der Waals surface area contributed by atoms with E-state index in [2.05, 4.69) is 49.2 Å². The maximum atomic E-state index is 2.56. The standard InChI is InChI=1S/C18H25N/c1-14-7-9-15(10-8-14)13-18-17-6-4-3-5-16(17)11-12-19(18)2/h6-10,16,18H,3-5,11-13H2,1-2H3. The predicted molar refractivity (Wildman–Crippen MR) is 81.3 cm³/mol. The molecule has 1 saturated heterocycles. The van der Waals surface area contributed by atoms with Crippen LogP contribution in [-0.2, 0) is 6.42 Å². The van der Waals surface area contributed by atoms with E-state index in [4.69, 9.17) is 0 Å². The average molecular weight is 255 g/mol. The third-order valence-corrected chi connectivity index (χ3v) is 4.90. The van der Waals surface area contributed by atoms with Gasteiger partial charge in [0.15, 0.2) is 0 Å². The summed E-state index contributed by atoms with van der Waals surface area (Å²) in [6.07, 6.45) is 9.21. The second kappa shape index (κ2) is 5.50. The van der Waals surface area contributed by atoms with Gasteiger partial charge in [-0.3, -0.25) is 4.90 Å². The fraction of sp³-hybridized carbons (Fsp3) is 0.556. The van der Waals surface area contributed by atoms with E-state index in [9.17, 15) is 0 Å². The highest BCUT2D eigenvalue weighted by atomic mass is 15.1. The first-order valence-corrected chi connectivity index (χ1v) is 7.70. The summed E-state index contributed by atoms with van der Waals surface area (Å²) in [4.78, 5) is 2.56. The van der Waals surface area contributed by atoms with Crippen molar-refractivity contribution < 1.29 is 0 Å². The topological polar surface area (TPSA) is 3.24 Å². The molecular formula is C18H25N. The van der Waals surface area contributed by atoms with Crippen LogP contribution >= 0.6 is 0 Å². The molecule has 1 aromatic rings. The molecule has 3 rings (SSSR count). The molecule has 1 heteroatoms. The fourth-order valence-electron chi connectivity index (χ4n) is 3.68. The van der Waals surface area contributed by atoms with Crippen molar-refractivity contribution in [3.05, 3.63) is 47.0 Å². The number of rotatable bonds is 2. The van der Waals surface area contributed by atoms with Gasteiger partial charge >= 0.3 is 0 Å². The van der Waals surface area contributed by atoms with E-state index >= 15 is 0 Å². The van der Waals surface area contributed by atoms with Crippen molar-refractivity contribution in [2.24, 2.45) is 5.92 Å². The van der Waals surface area contributed by atoms with Crippen LogP contribution in [0.15, 0.2) is 35.9 Å². The molecule has 0 amide bonds. The van der Waals surface area contributed by atoms with Gasteiger partial charge in [0.1, 0.15) is 0 Å². The summed E-state index contributed by atoms with van der Waals surface area (Å²) in [5.41, 5.74) is 4.57. The van der Waals surface area contributed by atoms with E-state index in [1.807, 2.05) is 0 Å². The Morgan fingerprint density at radius 3 is 2.74 bits per heavy atom. The third kappa shape index (κ3) is 2.76. The number of piperidine rings is 1. The van der Waals surface area contributed by atoms with Crippen LogP contribution in [-0.4, -0.2) is 24.5 Å². The summed E-state index contributed by atoms with van der Waals surface area (Å²) < 4.78 is 0. The van der Waals surface area contributed by atoms with Gasteiger partial charge in [0.2, 0.25) is 0 Å². The van der Waals surface area contributed by atoms with Crippen LogP contribution in [0, 0.1) is 12.8 Å². The minimum Gasteiger partial charge on any atom is -0.299 e. The molecule has 2 unspecified atom stereocenters. The quantitative estimate of drug-likeness (QED) is 0.723. The van der Waals surface area contributed by atoms with E-state index in [-0.39, 0.29) is 0 Å². The van der Waals surface area contributed by atoms with Gasteiger partial charge in [-0.2, -0.15) is 0 Å². The minimum atomic E-state index is 0.641. The lowest BCUT2D eigenvalue weighted by Gasteiger charge is -2.41. The Hall–Kier alpha value is -1.08. The molecule has 1 heterocycles. The van der Waals surface area contributed by atoms with E-state index in [1.165, 1.54) is 49.8 Å². The molecule has 0 radical (unpaired) electrons. The lowest BCUT2D eigenvalue weighted by Crippen LogP contribution is -2.43. The summed E-state index contributed by atoms with van der Waals surface area (Å²) in [5.74, 6) is 0.875. The van der Waals surface area contributed by atoms with Gasteiger partial charge in [-0.05, 0) is 64.1 Å². The van der Waals surface area contributed by atoms with Gasteiger partial charge in [-0.1, -0.05) is 41.5 Å². The normalized spacial score (nSPS) is 27.8. The van der Waals surface area contributed by atoms with Crippen LogP contribution in [0.3, 0.4) is 0 Å². The smallest absolute Gasteiger partial charge is 0.0347 e. The SMILES string of the molecule is Cc1ccc(CC2C3=CCCCC3CCN2C)cc1. The lowest BCUT2D eigenvalue weighted by atomic mass is 9.77. The molecule has 1 fully saturated rings. The van der Waals surface area contributed by atoms with Crippen LogP contribution in [0.1, 0.15) is 36.8 Å². The second-order valence-electron chi connectivity index (χ2n) is 6.31. The number of likely N-dealkylation sites (N-methyl/N-ethyl adjacent to an activating group) is 1. The third-order valence-electron chi connectivity index (χ3n) is 4.90. The molecule has 0 N–H and O–H groups in total. The number of hydrogen-bond donors (Lipinski definition) is 0. The van der Waals surface area contributed by atoms with Gasteiger partial charge < -0.3 is 0 Å². The van der Waals surface area contributed by atoms with Gasteiger partial charge in [0.05, 0.1) is 0 Å². The Morgan fingerprint density at radius 1 is 1.16 bits per heavy atom. The maximum Gasteiger partial charge on any atom is 0.0347 e. The molecule has 1 aliphatic carbocycles. The van der Waals surface area contributed by atoms with Crippen molar-refractivity contribution in [2.75, 3.05) is 13.6 Å². The molecular weight excluding hydrogens is 230 g/mol. The largest absolute Gasteiger partial charge is 0.299 e. The Morgan fingerprint density at radius 2 is 1.95 bits per heavy atom. The first kappa shape index (κ1) is 12.9. The molecule has 19 heavy (non-hydrogen) atoms. The van der Waals surface area contributed by atoms with Crippen LogP contribution in [0.5, 0.6) is 0 Å². The highest BCUT2D eigenvalue weighted by Crippen LogP contribution is 2.36.